The van der Waals surface area contributed by atoms with Gasteiger partial charge in [-0.05, 0) is 43.9 Å². The van der Waals surface area contributed by atoms with Gasteiger partial charge in [0.25, 0.3) is 0 Å². The zero-order valence-corrected chi connectivity index (χ0v) is 15.6. The Bertz CT molecular complexity index is 786. The van der Waals surface area contributed by atoms with Crippen molar-refractivity contribution in [3.63, 3.8) is 0 Å². The third kappa shape index (κ3) is 5.96. The van der Waals surface area contributed by atoms with Crippen molar-refractivity contribution in [2.75, 3.05) is 25.0 Å². The van der Waals surface area contributed by atoms with Gasteiger partial charge in [-0.2, -0.15) is 8.78 Å². The van der Waals surface area contributed by atoms with E-state index in [1.165, 1.54) is 18.2 Å². The van der Waals surface area contributed by atoms with Crippen LogP contribution >= 0.6 is 0 Å². The number of para-hydroxylation sites is 1. The van der Waals surface area contributed by atoms with Gasteiger partial charge >= 0.3 is 5.76 Å². The van der Waals surface area contributed by atoms with Crippen LogP contribution in [-0.4, -0.2) is 50.5 Å². The zero-order chi connectivity index (χ0) is 20.0. The maximum Gasteiger partial charge on any atom is 0.341 e. The predicted octanol–water partition coefficient (Wildman–Crippen LogP) is 1.60. The average molecular weight is 403 g/mol. The molecule has 0 bridgehead atoms. The number of amides is 2. The largest absolute Gasteiger partial charge is 0.370 e. The molecule has 1 aromatic carbocycles. The van der Waals surface area contributed by atoms with Gasteiger partial charge < -0.3 is 11.1 Å². The number of benzene rings is 1. The summed E-state index contributed by atoms with van der Waals surface area (Å²) in [5, 5.41) is 2.42. The summed E-state index contributed by atoms with van der Waals surface area (Å²) in [7, 11) is -4.82. The van der Waals surface area contributed by atoms with E-state index in [4.69, 9.17) is 5.73 Å². The average Bonchev–Trinajstić information content (AvgIpc) is 2.60. The Morgan fingerprint density at radius 2 is 2.00 bits per heavy atom. The lowest BCUT2D eigenvalue weighted by Gasteiger charge is -2.32. The quantitative estimate of drug-likeness (QED) is 0.685. The molecule has 1 aliphatic rings. The number of nitrogens with two attached hydrogens (primary N) is 1. The van der Waals surface area contributed by atoms with Gasteiger partial charge in [-0.25, -0.2) is 8.42 Å². The van der Waals surface area contributed by atoms with E-state index >= 15 is 0 Å². The van der Waals surface area contributed by atoms with Gasteiger partial charge in [-0.3, -0.25) is 14.5 Å². The fourth-order valence-corrected chi connectivity index (χ4v) is 4.07. The number of alkyl halides is 2. The van der Waals surface area contributed by atoms with Crippen molar-refractivity contribution in [3.05, 3.63) is 24.3 Å². The molecule has 0 radical (unpaired) electrons. The van der Waals surface area contributed by atoms with Crippen LogP contribution in [0.5, 0.6) is 0 Å². The maximum atomic E-state index is 12.8. The lowest BCUT2D eigenvalue weighted by molar-refractivity contribution is -0.119. The lowest BCUT2D eigenvalue weighted by Crippen LogP contribution is -2.40. The highest BCUT2D eigenvalue weighted by atomic mass is 32.2. The molecule has 10 heteroatoms. The Morgan fingerprint density at radius 1 is 1.30 bits per heavy atom. The Kier molecular flexibility index (Phi) is 7.25. The number of hydrogen-bond donors (Lipinski definition) is 2. The van der Waals surface area contributed by atoms with Gasteiger partial charge in [0.05, 0.1) is 17.1 Å². The summed E-state index contributed by atoms with van der Waals surface area (Å²) in [5.74, 6) is -4.15. The number of primary amides is 1. The topological polar surface area (TPSA) is 110 Å². The summed E-state index contributed by atoms with van der Waals surface area (Å²) in [6.45, 7) is 1.32. The molecule has 1 aliphatic heterocycles. The van der Waals surface area contributed by atoms with E-state index in [1.807, 2.05) is 4.90 Å². The monoisotopic (exact) mass is 403 g/mol. The molecular formula is C17H23F2N3O4S. The Balaban J connectivity index is 1.99. The number of carbonyl (C=O) groups excluding carboxylic acids is 2. The molecule has 2 amide bonds. The SMILES string of the molecule is NC(=O)CC[C@@H]1CCCN(CC(=O)Nc2ccccc2S(=O)(=O)C(F)F)C1. The van der Waals surface area contributed by atoms with Crippen molar-refractivity contribution in [2.45, 2.75) is 36.3 Å². The molecular weight excluding hydrogens is 380 g/mol. The minimum absolute atomic E-state index is 0.0101. The van der Waals surface area contributed by atoms with Gasteiger partial charge in [0, 0.05) is 13.0 Å². The van der Waals surface area contributed by atoms with Crippen LogP contribution in [0.1, 0.15) is 25.7 Å². The molecule has 0 unspecified atom stereocenters. The van der Waals surface area contributed by atoms with E-state index in [2.05, 4.69) is 5.32 Å². The van der Waals surface area contributed by atoms with Gasteiger partial charge in [0.15, 0.2) is 0 Å². The minimum Gasteiger partial charge on any atom is -0.370 e. The molecule has 0 saturated carbocycles. The predicted molar refractivity (Wildman–Crippen MR) is 95.9 cm³/mol. The van der Waals surface area contributed by atoms with Crippen LogP contribution in [0.3, 0.4) is 0 Å². The van der Waals surface area contributed by atoms with E-state index in [9.17, 15) is 26.8 Å². The molecule has 3 N–H and O–H groups in total. The second-order valence-corrected chi connectivity index (χ2v) is 8.48. The van der Waals surface area contributed by atoms with Crippen LogP contribution in [0, 0.1) is 5.92 Å². The highest BCUT2D eigenvalue weighted by Gasteiger charge is 2.30. The molecule has 1 saturated heterocycles. The van der Waals surface area contributed by atoms with Crippen molar-refractivity contribution in [1.82, 2.24) is 4.90 Å². The lowest BCUT2D eigenvalue weighted by atomic mass is 9.93. The van der Waals surface area contributed by atoms with E-state index in [0.717, 1.165) is 18.9 Å². The number of sulfone groups is 1. The summed E-state index contributed by atoms with van der Waals surface area (Å²) in [5.41, 5.74) is 5.00. The smallest absolute Gasteiger partial charge is 0.341 e. The first-order valence-corrected chi connectivity index (χ1v) is 10.2. The number of hydrogen-bond acceptors (Lipinski definition) is 5. The molecule has 1 atom stereocenters. The van der Waals surface area contributed by atoms with E-state index in [-0.39, 0.29) is 24.1 Å². The van der Waals surface area contributed by atoms with Crippen LogP contribution in [0.25, 0.3) is 0 Å². The number of likely N-dealkylation sites (tertiary alicyclic amines) is 1. The van der Waals surface area contributed by atoms with Crippen molar-refractivity contribution in [3.8, 4) is 0 Å². The second kappa shape index (κ2) is 9.23. The van der Waals surface area contributed by atoms with Crippen molar-refractivity contribution >= 4 is 27.3 Å². The summed E-state index contributed by atoms with van der Waals surface area (Å²) in [4.78, 5) is 24.5. The molecule has 0 aliphatic carbocycles. The first-order chi connectivity index (χ1) is 12.7. The summed E-state index contributed by atoms with van der Waals surface area (Å²) in [6.07, 6.45) is 2.76. The molecule has 0 spiro atoms. The standard InChI is InChI=1S/C17H23F2N3O4S/c18-17(19)27(25,26)14-6-2-1-5-13(14)21-16(24)11-22-9-3-4-12(10-22)7-8-15(20)23/h1-2,5-6,12,17H,3-4,7-11H2,(H2,20,23)(H,21,24)/t12-/m0/s1. The third-order valence-electron chi connectivity index (χ3n) is 4.47. The molecule has 0 aromatic heterocycles. The number of piperidine rings is 1. The van der Waals surface area contributed by atoms with Gasteiger partial charge in [-0.15, -0.1) is 0 Å². The van der Waals surface area contributed by atoms with Crippen LogP contribution in [-0.2, 0) is 19.4 Å². The third-order valence-corrected chi connectivity index (χ3v) is 5.91. The Labute approximate surface area is 156 Å². The second-order valence-electron chi connectivity index (χ2n) is 6.60. The van der Waals surface area contributed by atoms with Crippen molar-refractivity contribution < 1.29 is 26.8 Å². The number of anilines is 1. The number of rotatable bonds is 8. The fourth-order valence-electron chi connectivity index (χ4n) is 3.18. The number of carbonyl (C=O) groups is 2. The van der Waals surface area contributed by atoms with Gasteiger partial charge in [0.1, 0.15) is 0 Å². The maximum absolute atomic E-state index is 12.8. The Morgan fingerprint density at radius 3 is 2.67 bits per heavy atom. The fraction of sp³-hybridized carbons (Fsp3) is 0.529. The van der Waals surface area contributed by atoms with Crippen molar-refractivity contribution in [1.29, 1.82) is 0 Å². The van der Waals surface area contributed by atoms with E-state index < -0.39 is 26.4 Å². The normalized spacial score (nSPS) is 18.4. The van der Waals surface area contributed by atoms with E-state index in [0.29, 0.717) is 25.9 Å². The highest BCUT2D eigenvalue weighted by Crippen LogP contribution is 2.26. The van der Waals surface area contributed by atoms with Gasteiger partial charge in [0.2, 0.25) is 21.7 Å². The highest BCUT2D eigenvalue weighted by molar-refractivity contribution is 7.91. The number of halogens is 2. The molecule has 2 rings (SSSR count). The Hall–Kier alpha value is -2.07. The molecule has 27 heavy (non-hydrogen) atoms. The van der Waals surface area contributed by atoms with Crippen molar-refractivity contribution in [2.24, 2.45) is 11.7 Å². The zero-order valence-electron chi connectivity index (χ0n) is 14.7. The van der Waals surface area contributed by atoms with Gasteiger partial charge in [-0.1, -0.05) is 12.1 Å². The molecule has 7 nitrogen and oxygen atoms in total. The minimum atomic E-state index is -4.82. The van der Waals surface area contributed by atoms with Crippen LogP contribution < -0.4 is 11.1 Å². The summed E-state index contributed by atoms with van der Waals surface area (Å²) < 4.78 is 49.1. The van der Waals surface area contributed by atoms with Crippen LogP contribution in [0.15, 0.2) is 29.2 Å². The first kappa shape index (κ1) is 21.2. The van der Waals surface area contributed by atoms with Crippen LogP contribution in [0.4, 0.5) is 14.5 Å². The van der Waals surface area contributed by atoms with Crippen LogP contribution in [0.2, 0.25) is 0 Å². The first-order valence-electron chi connectivity index (χ1n) is 8.61. The molecule has 1 heterocycles. The molecule has 1 aromatic rings. The molecule has 1 fully saturated rings. The van der Waals surface area contributed by atoms with E-state index in [1.54, 1.807) is 0 Å². The summed E-state index contributed by atoms with van der Waals surface area (Å²) in [6, 6.07) is 5.09. The molecule has 150 valence electrons. The number of nitrogens with one attached hydrogen (secondary N) is 1. The summed E-state index contributed by atoms with van der Waals surface area (Å²) >= 11 is 0. The number of nitrogens with zero attached hydrogens (tertiary/aromatic N) is 1.